The third-order valence-electron chi connectivity index (χ3n) is 5.10. The summed E-state index contributed by atoms with van der Waals surface area (Å²) in [6, 6.07) is 10.5. The lowest BCUT2D eigenvalue weighted by Gasteiger charge is -2.22. The Hall–Kier alpha value is -2.14. The summed E-state index contributed by atoms with van der Waals surface area (Å²) >= 11 is 0. The van der Waals surface area contributed by atoms with Crippen molar-refractivity contribution in [2.75, 3.05) is 38.1 Å². The van der Waals surface area contributed by atoms with E-state index in [0.29, 0.717) is 0 Å². The van der Waals surface area contributed by atoms with Crippen LogP contribution in [0.15, 0.2) is 30.3 Å². The zero-order valence-electron chi connectivity index (χ0n) is 14.7. The van der Waals surface area contributed by atoms with Gasteiger partial charge >= 0.3 is 0 Å². The fraction of sp³-hybridized carbons (Fsp3) is 0.474. The van der Waals surface area contributed by atoms with Crippen LogP contribution >= 0.6 is 0 Å². The first-order valence-electron chi connectivity index (χ1n) is 8.84. The Labute approximate surface area is 142 Å². The quantitative estimate of drug-likeness (QED) is 0.740. The molecule has 0 radical (unpaired) electrons. The molecule has 1 unspecified atom stereocenters. The Morgan fingerprint density at radius 2 is 2.12 bits per heavy atom. The largest absolute Gasteiger partial charge is 0.356 e. The number of hydrogen-bond donors (Lipinski definition) is 0. The summed E-state index contributed by atoms with van der Waals surface area (Å²) in [5.74, 6) is 1.83. The average Bonchev–Trinajstić information content (AvgIpc) is 3.19. The maximum Gasteiger partial charge on any atom is 0.158 e. The van der Waals surface area contributed by atoms with Crippen molar-refractivity contribution in [1.82, 2.24) is 19.5 Å². The van der Waals surface area contributed by atoms with E-state index in [9.17, 15) is 0 Å². The number of benzene rings is 1. The molecule has 5 heteroatoms. The van der Waals surface area contributed by atoms with Gasteiger partial charge in [0.1, 0.15) is 5.82 Å². The van der Waals surface area contributed by atoms with Gasteiger partial charge in [0.25, 0.3) is 0 Å². The summed E-state index contributed by atoms with van der Waals surface area (Å²) in [6.07, 6.45) is 1.24. The second-order valence-electron chi connectivity index (χ2n) is 6.96. The fourth-order valence-electron chi connectivity index (χ4n) is 3.74. The number of aryl methyl sites for hydroxylation is 1. The van der Waals surface area contributed by atoms with Gasteiger partial charge in [0.15, 0.2) is 5.65 Å². The first kappa shape index (κ1) is 15.4. The molecule has 0 aliphatic carbocycles. The summed E-state index contributed by atoms with van der Waals surface area (Å²) in [5, 5.41) is 5.80. The Morgan fingerprint density at radius 1 is 1.29 bits per heavy atom. The van der Waals surface area contributed by atoms with E-state index in [1.54, 1.807) is 0 Å². The van der Waals surface area contributed by atoms with Gasteiger partial charge in [-0.25, -0.2) is 9.50 Å². The summed E-state index contributed by atoms with van der Waals surface area (Å²) in [4.78, 5) is 9.82. The van der Waals surface area contributed by atoms with Crippen LogP contribution < -0.4 is 4.90 Å². The third kappa shape index (κ3) is 2.63. The predicted molar refractivity (Wildman–Crippen MR) is 98.7 cm³/mol. The molecule has 0 N–H and O–H groups in total. The molecule has 2 aromatic heterocycles. The smallest absolute Gasteiger partial charge is 0.158 e. The van der Waals surface area contributed by atoms with Crippen molar-refractivity contribution in [1.29, 1.82) is 0 Å². The van der Waals surface area contributed by atoms with Crippen LogP contribution in [0.3, 0.4) is 0 Å². The average molecular weight is 323 g/mol. The first-order valence-corrected chi connectivity index (χ1v) is 8.84. The summed E-state index contributed by atoms with van der Waals surface area (Å²) < 4.78 is 1.96. The Kier molecular flexibility index (Phi) is 3.88. The molecule has 0 saturated carbocycles. The van der Waals surface area contributed by atoms with E-state index in [1.807, 2.05) is 11.4 Å². The first-order chi connectivity index (χ1) is 11.7. The van der Waals surface area contributed by atoms with Crippen LogP contribution in [-0.4, -0.2) is 52.7 Å². The number of para-hydroxylation sites is 1. The van der Waals surface area contributed by atoms with E-state index < -0.39 is 0 Å². The highest BCUT2D eigenvalue weighted by molar-refractivity contribution is 5.91. The van der Waals surface area contributed by atoms with Crippen molar-refractivity contribution in [2.45, 2.75) is 20.3 Å². The minimum Gasteiger partial charge on any atom is -0.356 e. The predicted octanol–water partition coefficient (Wildman–Crippen LogP) is 2.97. The van der Waals surface area contributed by atoms with Gasteiger partial charge in [0.2, 0.25) is 0 Å². The fourth-order valence-corrected chi connectivity index (χ4v) is 3.74. The van der Waals surface area contributed by atoms with E-state index in [2.05, 4.69) is 59.2 Å². The van der Waals surface area contributed by atoms with Crippen molar-refractivity contribution in [2.24, 2.45) is 5.92 Å². The van der Waals surface area contributed by atoms with Gasteiger partial charge in [-0.1, -0.05) is 19.1 Å². The van der Waals surface area contributed by atoms with Crippen LogP contribution in [0, 0.1) is 12.8 Å². The van der Waals surface area contributed by atoms with Crippen LogP contribution in [0.4, 0.5) is 5.82 Å². The molecule has 126 valence electrons. The van der Waals surface area contributed by atoms with E-state index in [1.165, 1.54) is 18.4 Å². The number of nitrogens with zero attached hydrogens (tertiary/aromatic N) is 5. The maximum atomic E-state index is 4.95. The second kappa shape index (κ2) is 6.06. The molecular weight excluding hydrogens is 298 g/mol. The van der Waals surface area contributed by atoms with Crippen LogP contribution in [0.1, 0.15) is 19.0 Å². The molecular formula is C19H25N5. The lowest BCUT2D eigenvalue weighted by Crippen LogP contribution is -2.28. The third-order valence-corrected chi connectivity index (χ3v) is 5.10. The molecule has 1 aromatic carbocycles. The molecule has 1 saturated heterocycles. The van der Waals surface area contributed by atoms with Gasteiger partial charge in [0.05, 0.1) is 11.2 Å². The lowest BCUT2D eigenvalue weighted by molar-refractivity contribution is 0.300. The Morgan fingerprint density at radius 3 is 2.96 bits per heavy atom. The molecule has 1 aliphatic heterocycles. The number of aromatic nitrogens is 3. The van der Waals surface area contributed by atoms with Crippen molar-refractivity contribution >= 4 is 22.4 Å². The molecule has 1 atom stereocenters. The zero-order valence-corrected chi connectivity index (χ0v) is 14.7. The minimum absolute atomic E-state index is 0.721. The number of hydrogen-bond acceptors (Lipinski definition) is 4. The molecule has 0 amide bonds. The second-order valence-corrected chi connectivity index (χ2v) is 6.96. The standard InChI is InChI=1S/C19H25N5/c1-4-22(3)12-15-9-10-23(13-15)19-16-7-5-6-8-17(16)24-18(20-19)11-14(2)21-24/h5-8,11,15H,4,9-10,12-13H2,1-3H3. The van der Waals surface area contributed by atoms with E-state index in [-0.39, 0.29) is 0 Å². The number of rotatable bonds is 4. The van der Waals surface area contributed by atoms with E-state index in [4.69, 9.17) is 4.98 Å². The normalized spacial score (nSPS) is 18.3. The lowest BCUT2D eigenvalue weighted by atomic mass is 10.1. The minimum atomic E-state index is 0.721. The Balaban J connectivity index is 1.73. The molecule has 0 bridgehead atoms. The SMILES string of the molecule is CCN(C)CC1CCN(c2nc3cc(C)nn3c3ccccc23)C1. The van der Waals surface area contributed by atoms with Gasteiger partial charge < -0.3 is 9.80 Å². The molecule has 3 aromatic rings. The molecule has 3 heterocycles. The highest BCUT2D eigenvalue weighted by Crippen LogP contribution is 2.30. The van der Waals surface area contributed by atoms with Crippen molar-refractivity contribution in [3.63, 3.8) is 0 Å². The topological polar surface area (TPSA) is 36.7 Å². The molecule has 1 aliphatic rings. The van der Waals surface area contributed by atoms with Gasteiger partial charge in [-0.3, -0.25) is 0 Å². The highest BCUT2D eigenvalue weighted by Gasteiger charge is 2.26. The van der Waals surface area contributed by atoms with Gasteiger partial charge in [-0.2, -0.15) is 5.10 Å². The number of fused-ring (bicyclic) bond motifs is 3. The van der Waals surface area contributed by atoms with E-state index >= 15 is 0 Å². The molecule has 4 rings (SSSR count). The van der Waals surface area contributed by atoms with Gasteiger partial charge in [0, 0.05) is 31.1 Å². The van der Waals surface area contributed by atoms with Crippen molar-refractivity contribution < 1.29 is 0 Å². The molecule has 1 fully saturated rings. The van der Waals surface area contributed by atoms with E-state index in [0.717, 1.165) is 48.2 Å². The van der Waals surface area contributed by atoms with Crippen LogP contribution in [-0.2, 0) is 0 Å². The molecule has 24 heavy (non-hydrogen) atoms. The van der Waals surface area contributed by atoms with Crippen molar-refractivity contribution in [3.05, 3.63) is 36.0 Å². The summed E-state index contributed by atoms with van der Waals surface area (Å²) in [7, 11) is 2.21. The van der Waals surface area contributed by atoms with Crippen LogP contribution in [0.2, 0.25) is 0 Å². The monoisotopic (exact) mass is 323 g/mol. The summed E-state index contributed by atoms with van der Waals surface area (Å²) in [5.41, 5.74) is 3.09. The molecule has 0 spiro atoms. The zero-order chi connectivity index (χ0) is 16.7. The van der Waals surface area contributed by atoms with Gasteiger partial charge in [-0.15, -0.1) is 0 Å². The Bertz CT molecular complexity index is 869. The maximum absolute atomic E-state index is 4.95. The van der Waals surface area contributed by atoms with Crippen LogP contribution in [0.5, 0.6) is 0 Å². The van der Waals surface area contributed by atoms with Crippen molar-refractivity contribution in [3.8, 4) is 0 Å². The summed E-state index contributed by atoms with van der Waals surface area (Å²) in [6.45, 7) is 8.69. The van der Waals surface area contributed by atoms with Crippen LogP contribution in [0.25, 0.3) is 16.6 Å². The number of anilines is 1. The van der Waals surface area contributed by atoms with Gasteiger partial charge in [-0.05, 0) is 45.0 Å². The highest BCUT2D eigenvalue weighted by atomic mass is 15.3. The molecule has 5 nitrogen and oxygen atoms in total.